The molecule has 1 fully saturated rings. The number of ether oxygens (including phenoxy) is 4. The molecule has 0 bridgehead atoms. The molecule has 0 saturated carbocycles. The minimum atomic E-state index is -0.478. The lowest BCUT2D eigenvalue weighted by molar-refractivity contribution is -0.277. The van der Waals surface area contributed by atoms with E-state index in [1.807, 2.05) is 30.3 Å². The molecule has 0 radical (unpaired) electrons. The third kappa shape index (κ3) is 3.05. The third-order valence-electron chi connectivity index (χ3n) is 3.65. The molecule has 0 amide bonds. The van der Waals surface area contributed by atoms with Crippen molar-refractivity contribution in [2.45, 2.75) is 31.5 Å². The van der Waals surface area contributed by atoms with Gasteiger partial charge in [-0.05, 0) is 6.08 Å². The number of carbonyl (C=O) groups excluding carboxylic acids is 1. The van der Waals surface area contributed by atoms with Gasteiger partial charge in [-0.25, -0.2) is 0 Å². The Morgan fingerprint density at radius 1 is 1.32 bits per heavy atom. The summed E-state index contributed by atoms with van der Waals surface area (Å²) in [6.45, 7) is 5.44. The topological polar surface area (TPSA) is 54.0 Å². The third-order valence-corrected chi connectivity index (χ3v) is 3.65. The Bertz CT molecular complexity index is 580. The van der Waals surface area contributed by atoms with Crippen molar-refractivity contribution in [3.63, 3.8) is 0 Å². The quantitative estimate of drug-likeness (QED) is 0.632. The van der Waals surface area contributed by atoms with E-state index in [4.69, 9.17) is 18.9 Å². The van der Waals surface area contributed by atoms with Gasteiger partial charge in [0.2, 0.25) is 0 Å². The first-order valence-corrected chi connectivity index (χ1v) is 7.16. The molecule has 2 heterocycles. The number of fused-ring (bicyclic) bond motifs is 1. The Kier molecular flexibility index (Phi) is 4.27. The fourth-order valence-corrected chi connectivity index (χ4v) is 2.42. The highest BCUT2D eigenvalue weighted by Crippen LogP contribution is 2.32. The summed E-state index contributed by atoms with van der Waals surface area (Å²) in [5, 5.41) is 0. The molecule has 5 nitrogen and oxygen atoms in total. The number of hydrogen-bond acceptors (Lipinski definition) is 5. The summed E-state index contributed by atoms with van der Waals surface area (Å²) < 4.78 is 22.8. The van der Waals surface area contributed by atoms with Crippen molar-refractivity contribution in [2.75, 3.05) is 6.61 Å². The number of ketones is 1. The number of benzene rings is 1. The van der Waals surface area contributed by atoms with E-state index < -0.39 is 12.4 Å². The molecule has 0 unspecified atom stereocenters. The summed E-state index contributed by atoms with van der Waals surface area (Å²) in [5.41, 5.74) is 0.930. The molecule has 5 heteroatoms. The number of carbonyl (C=O) groups is 1. The normalized spacial score (nSPS) is 30.0. The summed E-state index contributed by atoms with van der Waals surface area (Å²) >= 11 is 0. The molecular formula is C17H18O5. The molecule has 1 saturated heterocycles. The fraction of sp³-hybridized carbons (Fsp3) is 0.353. The lowest BCUT2D eigenvalue weighted by Crippen LogP contribution is -2.50. The van der Waals surface area contributed by atoms with Crippen LogP contribution in [0.25, 0.3) is 0 Å². The predicted molar refractivity (Wildman–Crippen MR) is 78.7 cm³/mol. The molecule has 0 aromatic heterocycles. The highest BCUT2D eigenvalue weighted by molar-refractivity contribution is 5.90. The fourth-order valence-electron chi connectivity index (χ4n) is 2.42. The molecule has 1 aromatic rings. The average molecular weight is 302 g/mol. The number of allylic oxidation sites excluding steroid dienone is 1. The summed E-state index contributed by atoms with van der Waals surface area (Å²) in [4.78, 5) is 11.3. The van der Waals surface area contributed by atoms with Crippen molar-refractivity contribution in [3.05, 3.63) is 60.6 Å². The predicted octanol–water partition coefficient (Wildman–Crippen LogP) is 2.50. The van der Waals surface area contributed by atoms with Crippen LogP contribution in [0, 0.1) is 0 Å². The zero-order valence-corrected chi connectivity index (χ0v) is 12.3. The zero-order valence-electron chi connectivity index (χ0n) is 12.3. The first-order chi connectivity index (χ1) is 10.6. The van der Waals surface area contributed by atoms with Gasteiger partial charge in [0.25, 0.3) is 0 Å². The summed E-state index contributed by atoms with van der Waals surface area (Å²) in [6, 6.07) is 9.67. The molecule has 2 aliphatic rings. The molecular weight excluding hydrogens is 284 g/mol. The summed E-state index contributed by atoms with van der Waals surface area (Å²) in [5.74, 6) is -0.0928. The van der Waals surface area contributed by atoms with Gasteiger partial charge in [-0.2, -0.15) is 0 Å². The van der Waals surface area contributed by atoms with E-state index in [1.54, 1.807) is 12.3 Å². The highest BCUT2D eigenvalue weighted by atomic mass is 16.7. The van der Waals surface area contributed by atoms with Crippen LogP contribution in [0.1, 0.15) is 18.8 Å². The van der Waals surface area contributed by atoms with Crippen molar-refractivity contribution in [1.82, 2.24) is 0 Å². The number of hydrogen-bond donors (Lipinski definition) is 0. The van der Waals surface area contributed by atoms with Gasteiger partial charge in [-0.15, -0.1) is 0 Å². The maximum Gasteiger partial charge on any atom is 0.193 e. The molecule has 4 atom stereocenters. The van der Waals surface area contributed by atoms with Crippen molar-refractivity contribution in [2.24, 2.45) is 0 Å². The van der Waals surface area contributed by atoms with Crippen molar-refractivity contribution in [3.8, 4) is 0 Å². The Hall–Kier alpha value is -2.11. The Balaban J connectivity index is 1.74. The first-order valence-electron chi connectivity index (χ1n) is 7.16. The number of rotatable bonds is 4. The lowest BCUT2D eigenvalue weighted by Gasteiger charge is -2.40. The Morgan fingerprint density at radius 3 is 2.82 bits per heavy atom. The molecule has 22 heavy (non-hydrogen) atoms. The van der Waals surface area contributed by atoms with E-state index in [9.17, 15) is 4.79 Å². The van der Waals surface area contributed by atoms with Gasteiger partial charge in [0.15, 0.2) is 30.0 Å². The van der Waals surface area contributed by atoms with Crippen LogP contribution in [0.3, 0.4) is 0 Å². The monoisotopic (exact) mass is 302 g/mol. The standard InChI is InChI=1S/C17H18O5/c1-11(18)12(2)21-14-8-9-19-15-10-20-17(22-16(14)15)13-6-4-3-5-7-13/h3-9,14-17H,2,10H2,1H3/t14-,15+,16-,17+/m0/s1. The second-order valence-corrected chi connectivity index (χ2v) is 5.24. The van der Waals surface area contributed by atoms with Crippen molar-refractivity contribution < 1.29 is 23.7 Å². The highest BCUT2D eigenvalue weighted by Gasteiger charge is 2.41. The van der Waals surface area contributed by atoms with Crippen LogP contribution in [0.5, 0.6) is 0 Å². The van der Waals surface area contributed by atoms with E-state index in [2.05, 4.69) is 6.58 Å². The molecule has 1 aromatic carbocycles. The van der Waals surface area contributed by atoms with Crippen LogP contribution in [0.4, 0.5) is 0 Å². The van der Waals surface area contributed by atoms with Crippen LogP contribution in [0.15, 0.2) is 55.0 Å². The average Bonchev–Trinajstić information content (AvgIpc) is 2.55. The smallest absolute Gasteiger partial charge is 0.193 e. The van der Waals surface area contributed by atoms with Gasteiger partial charge >= 0.3 is 0 Å². The van der Waals surface area contributed by atoms with Gasteiger partial charge in [0, 0.05) is 12.5 Å². The SMILES string of the molecule is C=C(O[C@H]1C=CO[C@@H]2CO[C@@H](c3ccccc3)O[C@@H]12)C(C)=O. The zero-order chi connectivity index (χ0) is 15.5. The van der Waals surface area contributed by atoms with Crippen LogP contribution in [-0.2, 0) is 23.7 Å². The van der Waals surface area contributed by atoms with E-state index in [0.29, 0.717) is 6.61 Å². The maximum absolute atomic E-state index is 11.3. The molecule has 0 aliphatic carbocycles. The molecule has 116 valence electrons. The van der Waals surface area contributed by atoms with Crippen LogP contribution < -0.4 is 0 Å². The van der Waals surface area contributed by atoms with Crippen LogP contribution in [0.2, 0.25) is 0 Å². The minimum Gasteiger partial charge on any atom is -0.493 e. The Labute approximate surface area is 129 Å². The van der Waals surface area contributed by atoms with Gasteiger partial charge in [0.05, 0.1) is 12.9 Å². The van der Waals surface area contributed by atoms with Gasteiger partial charge in [0.1, 0.15) is 6.10 Å². The minimum absolute atomic E-state index is 0.113. The summed E-state index contributed by atoms with van der Waals surface area (Å²) in [7, 11) is 0. The van der Waals surface area contributed by atoms with Crippen LogP contribution >= 0.6 is 0 Å². The van der Waals surface area contributed by atoms with Gasteiger partial charge in [-0.3, -0.25) is 4.79 Å². The summed E-state index contributed by atoms with van der Waals surface area (Å²) in [6.07, 6.45) is 1.74. The number of Topliss-reactive ketones (excluding diaryl/α,β-unsaturated/α-hetero) is 1. The van der Waals surface area contributed by atoms with Crippen molar-refractivity contribution >= 4 is 5.78 Å². The van der Waals surface area contributed by atoms with E-state index in [1.165, 1.54) is 6.92 Å². The lowest BCUT2D eigenvalue weighted by atomic mass is 10.0. The first kappa shape index (κ1) is 14.8. The molecule has 0 N–H and O–H groups in total. The van der Waals surface area contributed by atoms with Crippen LogP contribution in [-0.4, -0.2) is 30.7 Å². The molecule has 0 spiro atoms. The van der Waals surface area contributed by atoms with Gasteiger partial charge < -0.3 is 18.9 Å². The molecule has 3 rings (SSSR count). The van der Waals surface area contributed by atoms with E-state index in [0.717, 1.165) is 5.56 Å². The maximum atomic E-state index is 11.3. The second kappa shape index (κ2) is 6.34. The largest absolute Gasteiger partial charge is 0.493 e. The Morgan fingerprint density at radius 2 is 2.09 bits per heavy atom. The molecule has 2 aliphatic heterocycles. The van der Waals surface area contributed by atoms with Gasteiger partial charge in [-0.1, -0.05) is 36.9 Å². The van der Waals surface area contributed by atoms with E-state index >= 15 is 0 Å². The van der Waals surface area contributed by atoms with Crippen molar-refractivity contribution in [1.29, 1.82) is 0 Å². The second-order valence-electron chi connectivity index (χ2n) is 5.24. The van der Waals surface area contributed by atoms with E-state index in [-0.39, 0.29) is 23.8 Å².